The summed E-state index contributed by atoms with van der Waals surface area (Å²) in [4.78, 5) is 14.3. The van der Waals surface area contributed by atoms with E-state index in [0.29, 0.717) is 12.2 Å². The van der Waals surface area contributed by atoms with Crippen molar-refractivity contribution in [3.63, 3.8) is 0 Å². The number of rotatable bonds is 6. The van der Waals surface area contributed by atoms with Crippen molar-refractivity contribution in [2.45, 2.75) is 38.6 Å². The van der Waals surface area contributed by atoms with E-state index in [9.17, 15) is 22.4 Å². The smallest absolute Gasteiger partial charge is 0.392 e. The lowest BCUT2D eigenvalue weighted by Crippen LogP contribution is -2.36. The Morgan fingerprint density at radius 3 is 2.56 bits per heavy atom. The van der Waals surface area contributed by atoms with E-state index in [1.54, 1.807) is 30.3 Å². The Morgan fingerprint density at radius 2 is 1.94 bits per heavy atom. The molecule has 0 bridgehead atoms. The number of nitrogens with zero attached hydrogens (tertiary/aromatic N) is 2. The first-order chi connectivity index (χ1) is 17.1. The van der Waals surface area contributed by atoms with Crippen LogP contribution >= 0.6 is 11.6 Å². The van der Waals surface area contributed by atoms with Gasteiger partial charge in [0.25, 0.3) is 0 Å². The van der Waals surface area contributed by atoms with E-state index >= 15 is 0 Å². The van der Waals surface area contributed by atoms with E-state index in [2.05, 4.69) is 0 Å². The highest BCUT2D eigenvalue weighted by Gasteiger charge is 2.41. The molecule has 0 aliphatic carbocycles. The third-order valence-electron chi connectivity index (χ3n) is 6.11. The Balaban J connectivity index is 1.85. The van der Waals surface area contributed by atoms with Gasteiger partial charge in [0.1, 0.15) is 11.5 Å². The lowest BCUT2D eigenvalue weighted by Gasteiger charge is -2.22. The molecule has 1 saturated heterocycles. The second-order valence-electron chi connectivity index (χ2n) is 8.73. The van der Waals surface area contributed by atoms with Gasteiger partial charge in [-0.3, -0.25) is 0 Å². The van der Waals surface area contributed by atoms with Crippen LogP contribution in [0.15, 0.2) is 48.5 Å². The van der Waals surface area contributed by atoms with E-state index in [-0.39, 0.29) is 40.9 Å². The van der Waals surface area contributed by atoms with Gasteiger partial charge in [-0.05, 0) is 49.1 Å². The number of hydrogen-bond acceptors (Lipinski definition) is 3. The van der Waals surface area contributed by atoms with Gasteiger partial charge in [0.05, 0.1) is 18.2 Å². The number of likely N-dealkylation sites (N-methyl/N-ethyl adjacent to an activating group) is 1. The van der Waals surface area contributed by atoms with Crippen LogP contribution in [0.5, 0.6) is 5.88 Å². The number of ether oxygens (including phenoxy) is 2. The fraction of sp³-hybridized carbons (Fsp3) is 0.346. The standard InChI is InChI=1S/C26H25ClF4N2O3/c1-16-22(20-11-10-18(27)13-21(20)28)24(36-25(34)32(2)15-19-9-6-12-35-19)33(23(16)26(29,30)31)14-17-7-4-3-5-8-17/h3-5,7-8,10-11,13,19H,6,9,12,14-15H2,1-2H3. The predicted octanol–water partition coefficient (Wildman–Crippen LogP) is 6.93. The number of carbonyl (C=O) groups is 1. The number of halogens is 5. The van der Waals surface area contributed by atoms with Gasteiger partial charge in [-0.25, -0.2) is 9.18 Å². The number of hydrogen-bond donors (Lipinski definition) is 0. The average molecular weight is 525 g/mol. The van der Waals surface area contributed by atoms with E-state index in [0.717, 1.165) is 23.5 Å². The average Bonchev–Trinajstić information content (AvgIpc) is 3.41. The summed E-state index contributed by atoms with van der Waals surface area (Å²) in [5.74, 6) is -1.23. The van der Waals surface area contributed by atoms with Gasteiger partial charge in [0, 0.05) is 30.8 Å². The number of aromatic nitrogens is 1. The molecule has 1 amide bonds. The quantitative estimate of drug-likeness (QED) is 0.328. The second kappa shape index (κ2) is 10.5. The van der Waals surface area contributed by atoms with Gasteiger partial charge in [-0.15, -0.1) is 0 Å². The number of amides is 1. The van der Waals surface area contributed by atoms with Crippen LogP contribution in [0.2, 0.25) is 5.02 Å². The molecule has 1 unspecified atom stereocenters. The Morgan fingerprint density at radius 1 is 1.22 bits per heavy atom. The molecule has 5 nitrogen and oxygen atoms in total. The lowest BCUT2D eigenvalue weighted by molar-refractivity contribution is -0.144. The van der Waals surface area contributed by atoms with Crippen LogP contribution < -0.4 is 4.74 Å². The number of benzene rings is 2. The maximum absolute atomic E-state index is 15.0. The Labute approximate surface area is 211 Å². The summed E-state index contributed by atoms with van der Waals surface area (Å²) in [6, 6.07) is 12.1. The molecule has 1 aromatic heterocycles. The Kier molecular flexibility index (Phi) is 7.61. The van der Waals surface area contributed by atoms with E-state index < -0.39 is 29.7 Å². The minimum Gasteiger partial charge on any atom is -0.392 e. The van der Waals surface area contributed by atoms with Gasteiger partial charge in [0.15, 0.2) is 0 Å². The molecule has 1 aliphatic rings. The molecule has 0 radical (unpaired) electrons. The highest BCUT2D eigenvalue weighted by molar-refractivity contribution is 6.30. The molecule has 0 N–H and O–H groups in total. The van der Waals surface area contributed by atoms with Crippen LogP contribution in [0.3, 0.4) is 0 Å². The highest BCUT2D eigenvalue weighted by Crippen LogP contribution is 2.46. The summed E-state index contributed by atoms with van der Waals surface area (Å²) >= 11 is 5.88. The molecule has 36 heavy (non-hydrogen) atoms. The maximum Gasteiger partial charge on any atom is 0.431 e. The van der Waals surface area contributed by atoms with Crippen molar-refractivity contribution in [1.82, 2.24) is 9.47 Å². The minimum atomic E-state index is -4.80. The third kappa shape index (κ3) is 5.52. The first-order valence-corrected chi connectivity index (χ1v) is 11.8. The molecule has 2 heterocycles. The normalized spacial score (nSPS) is 15.8. The lowest BCUT2D eigenvalue weighted by atomic mass is 10.0. The zero-order chi connectivity index (χ0) is 26.0. The van der Waals surface area contributed by atoms with Crippen LogP contribution in [-0.4, -0.2) is 41.9 Å². The third-order valence-corrected chi connectivity index (χ3v) is 6.34. The largest absolute Gasteiger partial charge is 0.431 e. The molecule has 10 heteroatoms. The molecular formula is C26H25ClF4N2O3. The van der Waals surface area contributed by atoms with Gasteiger partial charge < -0.3 is 18.9 Å². The molecular weight excluding hydrogens is 500 g/mol. The molecule has 2 aromatic carbocycles. The topological polar surface area (TPSA) is 43.7 Å². The summed E-state index contributed by atoms with van der Waals surface area (Å²) < 4.78 is 70.1. The monoisotopic (exact) mass is 524 g/mol. The first kappa shape index (κ1) is 26.0. The van der Waals surface area contributed by atoms with E-state index in [1.807, 2.05) is 0 Å². The van der Waals surface area contributed by atoms with Crippen LogP contribution in [0.25, 0.3) is 11.1 Å². The summed E-state index contributed by atoms with van der Waals surface area (Å²) in [6.07, 6.45) is -4.23. The van der Waals surface area contributed by atoms with Crippen molar-refractivity contribution in [3.8, 4) is 17.0 Å². The second-order valence-corrected chi connectivity index (χ2v) is 9.17. The van der Waals surface area contributed by atoms with Crippen LogP contribution in [0, 0.1) is 12.7 Å². The van der Waals surface area contributed by atoms with Gasteiger partial charge in [-0.2, -0.15) is 13.2 Å². The van der Waals surface area contributed by atoms with Crippen LogP contribution in [0.4, 0.5) is 22.4 Å². The number of alkyl halides is 3. The fourth-order valence-corrected chi connectivity index (χ4v) is 4.60. The predicted molar refractivity (Wildman–Crippen MR) is 128 cm³/mol. The van der Waals surface area contributed by atoms with Crippen molar-refractivity contribution < 1.29 is 31.8 Å². The summed E-state index contributed by atoms with van der Waals surface area (Å²) in [7, 11) is 1.48. The minimum absolute atomic E-state index is 0.0866. The Bertz CT molecular complexity index is 1240. The molecule has 0 saturated carbocycles. The SMILES string of the molecule is Cc1c(-c2ccc(Cl)cc2F)c(OC(=O)N(C)CC2CCCO2)n(Cc2ccccc2)c1C(F)(F)F. The molecule has 1 fully saturated rings. The molecule has 3 aromatic rings. The van der Waals surface area contributed by atoms with Crippen LogP contribution in [-0.2, 0) is 17.5 Å². The van der Waals surface area contributed by atoms with Gasteiger partial charge >= 0.3 is 12.3 Å². The molecule has 192 valence electrons. The molecule has 4 rings (SSSR count). The van der Waals surface area contributed by atoms with E-state index in [1.165, 1.54) is 31.0 Å². The molecule has 0 spiro atoms. The highest BCUT2D eigenvalue weighted by atomic mass is 35.5. The maximum atomic E-state index is 15.0. The van der Waals surface area contributed by atoms with Crippen molar-refractivity contribution in [2.24, 2.45) is 0 Å². The molecule has 1 atom stereocenters. The van der Waals surface area contributed by atoms with Crippen molar-refractivity contribution in [1.29, 1.82) is 0 Å². The van der Waals surface area contributed by atoms with Gasteiger partial charge in [0.2, 0.25) is 5.88 Å². The van der Waals surface area contributed by atoms with Crippen LogP contribution in [0.1, 0.15) is 29.7 Å². The first-order valence-electron chi connectivity index (χ1n) is 11.4. The number of carbonyl (C=O) groups excluding carboxylic acids is 1. The summed E-state index contributed by atoms with van der Waals surface area (Å²) in [5.41, 5.74) is -1.05. The zero-order valence-electron chi connectivity index (χ0n) is 19.7. The van der Waals surface area contributed by atoms with Crippen molar-refractivity contribution in [3.05, 3.63) is 76.2 Å². The summed E-state index contributed by atoms with van der Waals surface area (Å²) in [6.45, 7) is 1.79. The van der Waals surface area contributed by atoms with Crippen molar-refractivity contribution in [2.75, 3.05) is 20.2 Å². The van der Waals surface area contributed by atoms with E-state index in [4.69, 9.17) is 21.1 Å². The molecule has 1 aliphatic heterocycles. The fourth-order valence-electron chi connectivity index (χ4n) is 4.44. The summed E-state index contributed by atoms with van der Waals surface area (Å²) in [5, 5.41) is 0.0866. The zero-order valence-corrected chi connectivity index (χ0v) is 20.5. The van der Waals surface area contributed by atoms with Gasteiger partial charge in [-0.1, -0.05) is 41.9 Å². The Hall–Kier alpha value is -3.04. The van der Waals surface area contributed by atoms with Crippen molar-refractivity contribution >= 4 is 17.7 Å².